The molecule has 0 radical (unpaired) electrons. The van der Waals surface area contributed by atoms with Gasteiger partial charge in [0, 0.05) is 23.4 Å². The molecule has 6 nitrogen and oxygen atoms in total. The molecule has 1 aromatic heterocycles. The number of para-hydroxylation sites is 1. The lowest BCUT2D eigenvalue weighted by atomic mass is 9.92. The quantitative estimate of drug-likeness (QED) is 0.462. The lowest BCUT2D eigenvalue weighted by molar-refractivity contribution is 0.358. The molecule has 3 aromatic carbocycles. The Kier molecular flexibility index (Phi) is 3.54. The van der Waals surface area contributed by atoms with Gasteiger partial charge in [-0.05, 0) is 65.4 Å². The Morgan fingerprint density at radius 2 is 2.12 bits per heavy atom. The van der Waals surface area contributed by atoms with E-state index in [1.54, 1.807) is 7.11 Å². The first kappa shape index (κ1) is 17.8. The Morgan fingerprint density at radius 1 is 1.16 bits per heavy atom. The largest absolute Gasteiger partial charge is 0.497 e. The number of methoxy groups -OCH3 is 1. The van der Waals surface area contributed by atoms with Crippen LogP contribution < -0.4 is 14.8 Å². The number of H-pyrrole nitrogens is 1. The number of aromatic nitrogens is 2. The first-order valence-electron chi connectivity index (χ1n) is 11.0. The van der Waals surface area contributed by atoms with Crippen molar-refractivity contribution in [3.63, 3.8) is 0 Å². The molecule has 0 bridgehead atoms. The van der Waals surface area contributed by atoms with Crippen LogP contribution in [0.4, 0.5) is 17.2 Å². The number of fused-ring (bicyclic) bond motifs is 4. The van der Waals surface area contributed by atoms with E-state index in [4.69, 9.17) is 9.47 Å². The van der Waals surface area contributed by atoms with Crippen LogP contribution in [0.2, 0.25) is 0 Å². The predicted octanol–water partition coefficient (Wildman–Crippen LogP) is 5.39. The molecule has 1 saturated carbocycles. The van der Waals surface area contributed by atoms with Crippen molar-refractivity contribution < 1.29 is 9.47 Å². The molecule has 1 spiro atoms. The smallest absolute Gasteiger partial charge is 0.160 e. The summed E-state index contributed by atoms with van der Waals surface area (Å²) in [5, 5.41) is 12.3. The molecule has 7 rings (SSSR count). The third-order valence-corrected chi connectivity index (χ3v) is 7.10. The minimum atomic E-state index is -0.0133. The molecule has 4 aromatic rings. The van der Waals surface area contributed by atoms with Gasteiger partial charge in [0.1, 0.15) is 11.5 Å². The highest BCUT2D eigenvalue weighted by Gasteiger charge is 2.58. The fourth-order valence-corrected chi connectivity index (χ4v) is 5.31. The molecule has 6 heteroatoms. The number of rotatable bonds is 4. The van der Waals surface area contributed by atoms with E-state index in [0.717, 1.165) is 59.0 Å². The lowest BCUT2D eigenvalue weighted by Gasteiger charge is -2.11. The second kappa shape index (κ2) is 6.36. The van der Waals surface area contributed by atoms with Crippen LogP contribution in [-0.4, -0.2) is 30.1 Å². The van der Waals surface area contributed by atoms with E-state index in [9.17, 15) is 0 Å². The summed E-state index contributed by atoms with van der Waals surface area (Å²) in [6.45, 7) is 0.736. The third kappa shape index (κ3) is 2.46. The summed E-state index contributed by atoms with van der Waals surface area (Å²) in [6, 6.07) is 19.0. The van der Waals surface area contributed by atoms with Crippen LogP contribution in [0.15, 0.2) is 59.6 Å². The minimum absolute atomic E-state index is 0.0133. The van der Waals surface area contributed by atoms with Gasteiger partial charge in [-0.3, -0.25) is 10.1 Å². The van der Waals surface area contributed by atoms with Crippen LogP contribution >= 0.6 is 0 Å². The van der Waals surface area contributed by atoms with E-state index < -0.39 is 0 Å². The molecule has 0 unspecified atom stereocenters. The van der Waals surface area contributed by atoms with Gasteiger partial charge in [-0.1, -0.05) is 18.2 Å². The van der Waals surface area contributed by atoms with Gasteiger partial charge in [0.25, 0.3) is 0 Å². The molecule has 1 fully saturated rings. The topological polar surface area (TPSA) is 71.5 Å². The Morgan fingerprint density at radius 3 is 3.06 bits per heavy atom. The average Bonchev–Trinajstić information content (AvgIpc) is 3.13. The molecule has 2 aliphatic heterocycles. The molecular weight excluding hydrogens is 400 g/mol. The number of nitrogens with zero attached hydrogens (tertiary/aromatic N) is 2. The highest BCUT2D eigenvalue weighted by molar-refractivity contribution is 5.94. The molecule has 158 valence electrons. The zero-order valence-electron chi connectivity index (χ0n) is 17.7. The normalized spacial score (nSPS) is 22.1. The van der Waals surface area contributed by atoms with Gasteiger partial charge >= 0.3 is 0 Å². The fourth-order valence-electron chi connectivity index (χ4n) is 5.31. The van der Waals surface area contributed by atoms with Gasteiger partial charge < -0.3 is 14.8 Å². The third-order valence-electron chi connectivity index (χ3n) is 7.10. The molecule has 1 aliphatic carbocycles. The van der Waals surface area contributed by atoms with Gasteiger partial charge in [-0.25, -0.2) is 0 Å². The number of benzene rings is 3. The van der Waals surface area contributed by atoms with Crippen molar-refractivity contribution in [1.29, 1.82) is 0 Å². The minimum Gasteiger partial charge on any atom is -0.497 e. The number of anilines is 2. The van der Waals surface area contributed by atoms with Crippen molar-refractivity contribution in [1.82, 2.24) is 10.2 Å². The molecule has 2 N–H and O–H groups in total. The predicted molar refractivity (Wildman–Crippen MR) is 125 cm³/mol. The average molecular weight is 422 g/mol. The summed E-state index contributed by atoms with van der Waals surface area (Å²) in [4.78, 5) is 4.68. The zero-order valence-corrected chi connectivity index (χ0v) is 17.7. The zero-order chi connectivity index (χ0) is 21.3. The Labute approximate surface area is 185 Å². The van der Waals surface area contributed by atoms with Gasteiger partial charge in [-0.2, -0.15) is 5.10 Å². The SMILES string of the molecule is COc1ccc2c(c1)[C@@]1(C=N2)C[C@H]1c1ccc2c(Nc3cccc4c3OCC4)n[nH]c2c1. The van der Waals surface area contributed by atoms with E-state index in [0.29, 0.717) is 5.92 Å². The summed E-state index contributed by atoms with van der Waals surface area (Å²) < 4.78 is 11.3. The Balaban J connectivity index is 1.20. The van der Waals surface area contributed by atoms with Crippen LogP contribution in [0.25, 0.3) is 10.9 Å². The van der Waals surface area contributed by atoms with Crippen molar-refractivity contribution in [2.24, 2.45) is 4.99 Å². The van der Waals surface area contributed by atoms with E-state index in [1.807, 2.05) is 12.1 Å². The second-order valence-corrected chi connectivity index (χ2v) is 8.83. The molecule has 0 amide bonds. The molecule has 2 atom stereocenters. The van der Waals surface area contributed by atoms with Gasteiger partial charge in [0.05, 0.1) is 30.6 Å². The van der Waals surface area contributed by atoms with Crippen molar-refractivity contribution in [2.45, 2.75) is 24.2 Å². The molecular formula is C26H22N4O2. The standard InChI is InChI=1S/C26H22N4O2/c1-31-17-6-8-21-19(12-17)26(14-27-21)13-20(26)16-5-7-18-23(11-16)29-30-25(18)28-22-4-2-3-15-9-10-32-24(15)22/h2-8,11-12,14,20H,9-10,13H2,1H3,(H2,28,29,30)/t20-,26-/m0/s1. The second-order valence-electron chi connectivity index (χ2n) is 8.83. The maximum atomic E-state index is 5.83. The van der Waals surface area contributed by atoms with E-state index >= 15 is 0 Å². The van der Waals surface area contributed by atoms with Crippen molar-refractivity contribution in [2.75, 3.05) is 19.0 Å². The maximum Gasteiger partial charge on any atom is 0.160 e. The summed E-state index contributed by atoms with van der Waals surface area (Å²) in [5.74, 6) is 3.05. The lowest BCUT2D eigenvalue weighted by Crippen LogP contribution is -2.07. The van der Waals surface area contributed by atoms with Gasteiger partial charge in [0.2, 0.25) is 0 Å². The van der Waals surface area contributed by atoms with Crippen LogP contribution in [0.1, 0.15) is 29.0 Å². The number of aliphatic imine (C=N–C) groups is 1. The first-order valence-corrected chi connectivity index (χ1v) is 11.0. The molecule has 32 heavy (non-hydrogen) atoms. The van der Waals surface area contributed by atoms with Gasteiger partial charge in [-0.15, -0.1) is 0 Å². The van der Waals surface area contributed by atoms with Crippen molar-refractivity contribution in [3.8, 4) is 11.5 Å². The number of hydrogen-bond donors (Lipinski definition) is 2. The van der Waals surface area contributed by atoms with E-state index in [1.165, 1.54) is 16.7 Å². The molecule has 3 aliphatic rings. The van der Waals surface area contributed by atoms with Crippen LogP contribution in [0, 0.1) is 0 Å². The highest BCUT2D eigenvalue weighted by atomic mass is 16.5. The van der Waals surface area contributed by atoms with Crippen LogP contribution in [-0.2, 0) is 11.8 Å². The maximum absolute atomic E-state index is 5.83. The van der Waals surface area contributed by atoms with Gasteiger partial charge in [0.15, 0.2) is 5.82 Å². The van der Waals surface area contributed by atoms with Crippen LogP contribution in [0.5, 0.6) is 11.5 Å². The van der Waals surface area contributed by atoms with Crippen LogP contribution in [0.3, 0.4) is 0 Å². The molecule has 0 saturated heterocycles. The van der Waals surface area contributed by atoms with E-state index in [-0.39, 0.29) is 5.41 Å². The first-order chi connectivity index (χ1) is 15.7. The number of ether oxygens (including phenoxy) is 2. The summed E-state index contributed by atoms with van der Waals surface area (Å²) >= 11 is 0. The Hall–Kier alpha value is -3.80. The summed E-state index contributed by atoms with van der Waals surface area (Å²) in [7, 11) is 1.71. The summed E-state index contributed by atoms with van der Waals surface area (Å²) in [5.41, 5.74) is 6.85. The number of aromatic amines is 1. The molecule has 3 heterocycles. The number of hydrogen-bond acceptors (Lipinski definition) is 5. The van der Waals surface area contributed by atoms with E-state index in [2.05, 4.69) is 69.2 Å². The highest BCUT2D eigenvalue weighted by Crippen LogP contribution is 2.64. The monoisotopic (exact) mass is 422 g/mol. The number of nitrogens with one attached hydrogen (secondary N) is 2. The fraction of sp³-hybridized carbons (Fsp3) is 0.231. The summed E-state index contributed by atoms with van der Waals surface area (Å²) in [6.07, 6.45) is 4.15. The Bertz CT molecular complexity index is 1420. The van der Waals surface area contributed by atoms with Crippen molar-refractivity contribution >= 4 is 34.3 Å². The van der Waals surface area contributed by atoms with Crippen molar-refractivity contribution in [3.05, 3.63) is 71.3 Å².